The molecule has 2 bridgehead atoms. The van der Waals surface area contributed by atoms with Crippen LogP contribution < -0.4 is 4.72 Å². The highest BCUT2D eigenvalue weighted by molar-refractivity contribution is 7.89. The standard InChI is InChI=1S/C39H46ClF2N5O3S/c1-25-43-34-10-5-6-11-35(34)47(25)30-21-28-12-13-29(22-30)46(28)19-16-39(26-8-7-9-27(41)20-26)14-17-45(18-15-39)37(48)31-23-36(32(40)24-33(31)42)51(49,50)44-38(2,3)4/h5-11,20,23-24,28-30,44H,12-19,21-22H2,1-4H3. The molecule has 4 aromatic rings. The van der Waals surface area contributed by atoms with E-state index >= 15 is 4.39 Å². The number of amides is 1. The lowest BCUT2D eigenvalue weighted by Crippen LogP contribution is -2.49. The molecule has 3 aliphatic heterocycles. The van der Waals surface area contributed by atoms with Gasteiger partial charge in [-0.2, -0.15) is 0 Å². The zero-order valence-electron chi connectivity index (χ0n) is 29.6. The smallest absolute Gasteiger partial charge is 0.256 e. The quantitative estimate of drug-likeness (QED) is 0.200. The number of nitrogens with one attached hydrogen (secondary N) is 1. The highest BCUT2D eigenvalue weighted by Gasteiger charge is 2.44. The van der Waals surface area contributed by atoms with Crippen molar-refractivity contribution in [2.24, 2.45) is 0 Å². The summed E-state index contributed by atoms with van der Waals surface area (Å²) in [6.45, 7) is 8.66. The van der Waals surface area contributed by atoms with E-state index < -0.39 is 27.3 Å². The molecule has 1 N–H and O–H groups in total. The van der Waals surface area contributed by atoms with E-state index in [1.165, 1.54) is 11.6 Å². The molecule has 3 aliphatic rings. The van der Waals surface area contributed by atoms with E-state index in [-0.39, 0.29) is 26.7 Å². The van der Waals surface area contributed by atoms with E-state index in [9.17, 15) is 17.6 Å². The van der Waals surface area contributed by atoms with Crippen LogP contribution in [-0.4, -0.2) is 70.9 Å². The summed E-state index contributed by atoms with van der Waals surface area (Å²) in [7, 11) is -4.13. The fraction of sp³-hybridized carbons (Fsp3) is 0.487. The molecule has 3 aromatic carbocycles. The van der Waals surface area contributed by atoms with E-state index in [0.717, 1.165) is 67.7 Å². The van der Waals surface area contributed by atoms with Crippen molar-refractivity contribution in [1.82, 2.24) is 24.1 Å². The number of fused-ring (bicyclic) bond motifs is 3. The topological polar surface area (TPSA) is 87.5 Å². The number of likely N-dealkylation sites (tertiary alicyclic amines) is 1. The number of nitrogens with zero attached hydrogens (tertiary/aromatic N) is 4. The maximum Gasteiger partial charge on any atom is 0.256 e. The van der Waals surface area contributed by atoms with Gasteiger partial charge >= 0.3 is 0 Å². The molecule has 0 saturated carbocycles. The molecule has 51 heavy (non-hydrogen) atoms. The number of benzene rings is 3. The normalized spacial score (nSPS) is 22.5. The van der Waals surface area contributed by atoms with Crippen molar-refractivity contribution in [3.8, 4) is 0 Å². The maximum absolute atomic E-state index is 15.2. The van der Waals surface area contributed by atoms with Crippen molar-refractivity contribution in [1.29, 1.82) is 0 Å². The van der Waals surface area contributed by atoms with Gasteiger partial charge in [0.1, 0.15) is 22.4 Å². The van der Waals surface area contributed by atoms with Gasteiger partial charge in [-0.05, 0) is 127 Å². The summed E-state index contributed by atoms with van der Waals surface area (Å²) < 4.78 is 61.1. The van der Waals surface area contributed by atoms with Crippen LogP contribution in [0.4, 0.5) is 8.78 Å². The lowest BCUT2D eigenvalue weighted by Gasteiger charge is -2.45. The van der Waals surface area contributed by atoms with Crippen molar-refractivity contribution in [2.75, 3.05) is 19.6 Å². The van der Waals surface area contributed by atoms with Gasteiger partial charge in [-0.15, -0.1) is 0 Å². The van der Waals surface area contributed by atoms with Crippen molar-refractivity contribution in [3.63, 3.8) is 0 Å². The Hall–Kier alpha value is -3.38. The highest BCUT2D eigenvalue weighted by Crippen LogP contribution is 2.45. The second-order valence-electron chi connectivity index (χ2n) is 15.7. The first kappa shape index (κ1) is 36.0. The molecule has 0 radical (unpaired) electrons. The Labute approximate surface area is 304 Å². The third kappa shape index (κ3) is 7.06. The van der Waals surface area contributed by atoms with E-state index in [2.05, 4.69) is 39.3 Å². The van der Waals surface area contributed by atoms with Gasteiger partial charge in [-0.1, -0.05) is 35.9 Å². The monoisotopic (exact) mass is 737 g/mol. The molecule has 3 fully saturated rings. The van der Waals surface area contributed by atoms with Crippen LogP contribution >= 0.6 is 11.6 Å². The van der Waals surface area contributed by atoms with Crippen LogP contribution in [0.2, 0.25) is 5.02 Å². The van der Waals surface area contributed by atoms with Gasteiger partial charge in [0, 0.05) is 36.8 Å². The fourth-order valence-electron chi connectivity index (χ4n) is 8.96. The van der Waals surface area contributed by atoms with Crippen LogP contribution in [-0.2, 0) is 15.4 Å². The van der Waals surface area contributed by atoms with Crippen LogP contribution in [0.5, 0.6) is 0 Å². The zero-order valence-corrected chi connectivity index (χ0v) is 31.2. The van der Waals surface area contributed by atoms with Gasteiger partial charge < -0.3 is 9.47 Å². The predicted molar refractivity (Wildman–Crippen MR) is 196 cm³/mol. The third-order valence-corrected chi connectivity index (χ3v) is 13.5. The average molecular weight is 738 g/mol. The molecule has 2 atom stereocenters. The van der Waals surface area contributed by atoms with Crippen molar-refractivity contribution in [2.45, 2.75) is 107 Å². The van der Waals surface area contributed by atoms with Crippen molar-refractivity contribution >= 4 is 38.6 Å². The van der Waals surface area contributed by atoms with E-state index in [1.807, 2.05) is 12.1 Å². The average Bonchev–Trinajstić information content (AvgIpc) is 3.52. The molecule has 8 nitrogen and oxygen atoms in total. The number of piperidine rings is 2. The molecule has 12 heteroatoms. The Morgan fingerprint density at radius 2 is 1.67 bits per heavy atom. The Bertz CT molecular complexity index is 2060. The fourth-order valence-corrected chi connectivity index (χ4v) is 10.9. The van der Waals surface area contributed by atoms with E-state index in [0.29, 0.717) is 44.1 Å². The van der Waals surface area contributed by atoms with Crippen LogP contribution in [0, 0.1) is 18.6 Å². The van der Waals surface area contributed by atoms with Gasteiger partial charge in [0.25, 0.3) is 5.91 Å². The summed E-state index contributed by atoms with van der Waals surface area (Å²) in [6, 6.07) is 18.4. The lowest BCUT2D eigenvalue weighted by atomic mass is 9.70. The van der Waals surface area contributed by atoms with Crippen molar-refractivity contribution in [3.05, 3.63) is 94.3 Å². The first-order valence-electron chi connectivity index (χ1n) is 17.9. The maximum atomic E-state index is 15.2. The molecule has 1 amide bonds. The molecular formula is C39H46ClF2N5O3S. The molecular weight excluding hydrogens is 692 g/mol. The number of carbonyl (C=O) groups excluding carboxylic acids is 1. The first-order valence-corrected chi connectivity index (χ1v) is 19.8. The van der Waals surface area contributed by atoms with Crippen LogP contribution in [0.15, 0.2) is 65.6 Å². The number of aryl methyl sites for hydroxylation is 1. The highest BCUT2D eigenvalue weighted by atomic mass is 35.5. The summed E-state index contributed by atoms with van der Waals surface area (Å²) in [5, 5.41) is -0.295. The summed E-state index contributed by atoms with van der Waals surface area (Å²) in [5.74, 6) is -0.709. The minimum Gasteiger partial charge on any atom is -0.338 e. The van der Waals surface area contributed by atoms with Gasteiger partial charge in [0.2, 0.25) is 10.0 Å². The predicted octanol–water partition coefficient (Wildman–Crippen LogP) is 7.79. The number of hydrogen-bond acceptors (Lipinski definition) is 5. The molecule has 1 aromatic heterocycles. The molecule has 272 valence electrons. The largest absolute Gasteiger partial charge is 0.338 e. The Morgan fingerprint density at radius 1 is 0.980 bits per heavy atom. The first-order chi connectivity index (χ1) is 24.1. The Morgan fingerprint density at radius 3 is 2.33 bits per heavy atom. The molecule has 4 heterocycles. The van der Waals surface area contributed by atoms with Crippen LogP contribution in [0.25, 0.3) is 11.0 Å². The molecule has 0 spiro atoms. The van der Waals surface area contributed by atoms with Gasteiger partial charge in [-0.25, -0.2) is 26.9 Å². The second kappa shape index (κ2) is 13.5. The number of sulfonamides is 1. The molecule has 0 aliphatic carbocycles. The molecule has 7 rings (SSSR count). The van der Waals surface area contributed by atoms with Crippen molar-refractivity contribution < 1.29 is 22.0 Å². The SMILES string of the molecule is Cc1nc2ccccc2n1C1CC2CCC(C1)N2CCC1(c2cccc(F)c2)CCN(C(=O)c2cc(S(=O)(=O)NC(C)(C)C)c(Cl)cc2F)CC1. The lowest BCUT2D eigenvalue weighted by molar-refractivity contribution is 0.0602. The summed E-state index contributed by atoms with van der Waals surface area (Å²) in [4.78, 5) is 22.5. The zero-order chi connectivity index (χ0) is 36.3. The number of para-hydroxylation sites is 2. The number of rotatable bonds is 8. The van der Waals surface area contributed by atoms with E-state index in [1.54, 1.807) is 37.8 Å². The summed E-state index contributed by atoms with van der Waals surface area (Å²) in [5.41, 5.74) is 1.61. The van der Waals surface area contributed by atoms with Gasteiger partial charge in [0.15, 0.2) is 0 Å². The summed E-state index contributed by atoms with van der Waals surface area (Å²) >= 11 is 6.19. The van der Waals surface area contributed by atoms with Crippen LogP contribution in [0.1, 0.15) is 93.5 Å². The Kier molecular flexibility index (Phi) is 9.56. The number of hydrogen-bond donors (Lipinski definition) is 1. The number of halogens is 3. The molecule has 2 unspecified atom stereocenters. The van der Waals surface area contributed by atoms with E-state index in [4.69, 9.17) is 16.6 Å². The van der Waals surface area contributed by atoms with Gasteiger partial charge in [-0.3, -0.25) is 9.69 Å². The van der Waals surface area contributed by atoms with Crippen LogP contribution in [0.3, 0.4) is 0 Å². The molecule has 3 saturated heterocycles. The minimum absolute atomic E-state index is 0.295. The summed E-state index contributed by atoms with van der Waals surface area (Å²) in [6.07, 6.45) is 6.36. The number of carbonyl (C=O) groups is 1. The Balaban J connectivity index is 1.08. The third-order valence-electron chi connectivity index (χ3n) is 11.3. The number of aromatic nitrogens is 2. The van der Waals surface area contributed by atoms with Gasteiger partial charge in [0.05, 0.1) is 21.6 Å². The number of imidazole rings is 1. The second-order valence-corrected chi connectivity index (χ2v) is 17.8. The minimum atomic E-state index is -4.13.